The Morgan fingerprint density at radius 3 is 0.800 bits per heavy atom. The monoisotopic (exact) mass is 1920 g/mol. The highest BCUT2D eigenvalue weighted by Crippen LogP contribution is 2.37. The lowest BCUT2D eigenvalue weighted by atomic mass is 9.77. The third kappa shape index (κ3) is 70.8. The first-order chi connectivity index (χ1) is 59.0. The number of Topliss-reactive ketones (excluding diaryl/α,β-unsaturated/α-hetero) is 1. The van der Waals surface area contributed by atoms with Gasteiger partial charge in [-0.3, -0.25) is 19.5 Å². The van der Waals surface area contributed by atoms with Crippen molar-refractivity contribution in [2.24, 2.45) is 105 Å². The zero-order chi connectivity index (χ0) is 102. The number of terminal acetylenes is 1. The predicted molar refractivity (Wildman–Crippen MR) is 595 cm³/mol. The standard InChI is InChI=1S/C11H23NO.C10H19NO.3C10H21N.C10H17N.2C9H19NO.2C9H19N.C8H15F2N.C8H17N.4CH4/c1-5-11(9-13)7-12(8-11)6-10(2,3)4;1-8(12)9-5-11(6-9)7-10(2,3)4;1-9(2,3)6-11-7-10(4,5)8-11;1-10(2,3)9-11-7-5-4-6-8-11;2*1-5-9-6-11(7-9)8-10(2,3)4;2*1-9(2,3)7-10-5-4-8(10)6-11;2*1-8-5-10(6-8)7-9(2,3)4;1-7(2,3)4-11-5-8(9,10)6-11;1-8(2,3)7-9-5-4-6-9;;;;/h13H,5-9H2,1-4H3;9H,5-7H2,1-4H3;6-8H2,1-5H3;4-9H2,1-3H3;9H,5-8H2,1-4H3;1,9H,6-8H2,2-4H3;2*8,11H,4-7H2,1-3H3;2*8H,5-7H2,1-4H3;4-6H2,1-3H3;4-7H2,1-3H3;4*1H4/t;;;;;;2*8-;;;;;;;;/m......10......../s1. The van der Waals surface area contributed by atoms with E-state index in [0.29, 0.717) is 115 Å². The van der Waals surface area contributed by atoms with Gasteiger partial charge >= 0.3 is 0 Å². The summed E-state index contributed by atoms with van der Waals surface area (Å²) in [6.07, 6.45) is 15.8. The van der Waals surface area contributed by atoms with Crippen LogP contribution in [0.25, 0.3) is 0 Å². The average Bonchev–Trinajstić information content (AvgIpc) is 0.785. The molecule has 12 heterocycles. The van der Waals surface area contributed by atoms with E-state index in [1.807, 2.05) is 0 Å². The summed E-state index contributed by atoms with van der Waals surface area (Å²) in [4.78, 5) is 39.9. The van der Waals surface area contributed by atoms with E-state index >= 15 is 0 Å². The second-order valence-corrected chi connectivity index (χ2v) is 59.0. The molecule has 0 unspecified atom stereocenters. The first-order valence-corrected chi connectivity index (χ1v) is 52.9. The maximum atomic E-state index is 12.3. The van der Waals surface area contributed by atoms with Crippen LogP contribution in [0.1, 0.15) is 379 Å². The van der Waals surface area contributed by atoms with Crippen molar-refractivity contribution in [1.82, 2.24) is 58.8 Å². The molecule has 0 amide bonds. The Morgan fingerprint density at radius 1 is 0.341 bits per heavy atom. The van der Waals surface area contributed by atoms with E-state index in [9.17, 15) is 18.7 Å². The number of hydrogen-bond donors (Lipinski definition) is 3. The molecular formula is C117H246F2N12O4. The topological polar surface area (TPSA) is 117 Å². The zero-order valence-electron chi connectivity index (χ0n) is 95.8. The van der Waals surface area contributed by atoms with Crippen molar-refractivity contribution in [2.75, 3.05) is 242 Å². The van der Waals surface area contributed by atoms with Crippen molar-refractivity contribution in [3.8, 4) is 12.3 Å². The molecule has 12 rings (SSSR count). The Morgan fingerprint density at radius 2 is 0.593 bits per heavy atom. The Hall–Kier alpha value is -1.51. The van der Waals surface area contributed by atoms with Crippen molar-refractivity contribution in [2.45, 2.75) is 397 Å². The van der Waals surface area contributed by atoms with Gasteiger partial charge in [-0.25, -0.2) is 8.78 Å². The average molecular weight is 1920 g/mol. The lowest BCUT2D eigenvalue weighted by Gasteiger charge is -2.51. The minimum Gasteiger partial charge on any atom is -0.396 e. The number of alkyl halides is 2. The second-order valence-electron chi connectivity index (χ2n) is 59.0. The zero-order valence-corrected chi connectivity index (χ0v) is 95.8. The van der Waals surface area contributed by atoms with Crippen LogP contribution in [0.3, 0.4) is 0 Å². The Kier molecular flexibility index (Phi) is 62.7. The minimum absolute atomic E-state index is 0. The minimum atomic E-state index is -2.41. The number of halogens is 2. The maximum absolute atomic E-state index is 12.3. The first-order valence-electron chi connectivity index (χ1n) is 52.9. The van der Waals surface area contributed by atoms with Gasteiger partial charge in [0.15, 0.2) is 0 Å². The van der Waals surface area contributed by atoms with Gasteiger partial charge in [-0.15, -0.1) is 12.3 Å². The SMILES string of the molecule is C.C.C.C.C#CC1CN(CC(C)(C)C)C1.CC(=O)C1CN(CC(C)(C)C)C1.CC(C)(C)CN1CC(C)(C)C1.CC(C)(C)CN1CC(F)(F)C1.CC(C)(C)CN1CCC1.CC(C)(C)CN1CCCCC1.CC(C)(C)CN1CC[C@@H]1CO.CC(C)(C)CN1CC[C@H]1CO.CC1CN(CC(C)(C)C)C1.CC1CN(CC(C)(C)C)C1.CCC1(CO)CN(CC(C)(C)C)C1.CCC1CN(CC(C)(C)C)C1. The molecule has 0 spiro atoms. The molecule has 0 aromatic rings. The van der Waals surface area contributed by atoms with Gasteiger partial charge in [-0.2, -0.15) is 0 Å². The van der Waals surface area contributed by atoms with E-state index in [1.54, 1.807) is 11.8 Å². The normalized spacial score (nSPS) is 22.5. The molecule has 0 saturated carbocycles. The molecule has 12 aliphatic heterocycles. The molecule has 12 aliphatic rings. The van der Waals surface area contributed by atoms with E-state index in [-0.39, 0.29) is 53.6 Å². The number of piperidine rings is 1. The first kappa shape index (κ1) is 140. The molecule has 3 N–H and O–H groups in total. The molecule has 0 aliphatic carbocycles. The van der Waals surface area contributed by atoms with Crippen LogP contribution in [0, 0.1) is 118 Å². The molecule has 0 aromatic heterocycles. The predicted octanol–water partition coefficient (Wildman–Crippen LogP) is 24.6. The fourth-order valence-electron chi connectivity index (χ4n) is 19.6. The number of carbonyl (C=O) groups excluding carboxylic acids is 1. The number of hydrogen-bond acceptors (Lipinski definition) is 16. The molecule has 812 valence electrons. The molecule has 2 atom stereocenters. The van der Waals surface area contributed by atoms with Crippen molar-refractivity contribution in [3.05, 3.63) is 0 Å². The fourth-order valence-corrected chi connectivity index (χ4v) is 19.6. The van der Waals surface area contributed by atoms with Crippen molar-refractivity contribution in [1.29, 1.82) is 0 Å². The van der Waals surface area contributed by atoms with Gasteiger partial charge in [0.1, 0.15) is 5.78 Å². The molecule has 12 fully saturated rings. The van der Waals surface area contributed by atoms with Crippen LogP contribution in [0.5, 0.6) is 0 Å². The van der Waals surface area contributed by atoms with Gasteiger partial charge in [-0.05, 0) is 160 Å². The van der Waals surface area contributed by atoms with E-state index < -0.39 is 5.92 Å². The number of likely N-dealkylation sites (tertiary alicyclic amines) is 12. The highest BCUT2D eigenvalue weighted by Gasteiger charge is 2.46. The summed E-state index contributed by atoms with van der Waals surface area (Å²) in [5.41, 5.74) is 5.76. The van der Waals surface area contributed by atoms with Crippen LogP contribution < -0.4 is 0 Å². The summed E-state index contributed by atoms with van der Waals surface area (Å²) in [5.74, 6) is 4.45. The lowest BCUT2D eigenvalue weighted by Crippen LogP contribution is -2.59. The van der Waals surface area contributed by atoms with Crippen LogP contribution in [-0.4, -0.2) is 340 Å². The third-order valence-electron chi connectivity index (χ3n) is 24.7. The highest BCUT2D eigenvalue weighted by molar-refractivity contribution is 5.79. The maximum Gasteiger partial charge on any atom is 0.272 e. The smallest absolute Gasteiger partial charge is 0.272 e. The Labute approximate surface area is 845 Å². The Balaban J connectivity index is -0.000000692. The molecule has 18 heteroatoms. The van der Waals surface area contributed by atoms with Gasteiger partial charge in [0.25, 0.3) is 5.92 Å². The van der Waals surface area contributed by atoms with Gasteiger partial charge in [0.05, 0.1) is 32.9 Å². The number of carbonyl (C=O) groups is 1. The summed E-state index contributed by atoms with van der Waals surface area (Å²) < 4.78 is 24.6. The quantitative estimate of drug-likeness (QED) is 0.113. The van der Waals surface area contributed by atoms with E-state index in [0.717, 1.165) is 96.2 Å². The molecule has 16 nitrogen and oxygen atoms in total. The fraction of sp³-hybridized carbons (Fsp3) is 0.974. The number of ketones is 1. The van der Waals surface area contributed by atoms with Crippen molar-refractivity contribution < 1.29 is 28.9 Å². The number of aliphatic hydroxyl groups is 3. The number of nitrogens with zero attached hydrogens (tertiary/aromatic N) is 12. The van der Waals surface area contributed by atoms with Gasteiger partial charge in [0, 0.05) is 213 Å². The molecule has 0 bridgehead atoms. The Bertz CT molecular complexity index is 2900. The summed E-state index contributed by atoms with van der Waals surface area (Å²) >= 11 is 0. The molecule has 0 aromatic carbocycles. The van der Waals surface area contributed by atoms with Crippen LogP contribution in [0.15, 0.2) is 0 Å². The summed E-state index contributed by atoms with van der Waals surface area (Å²) in [6.45, 7) is 136. The van der Waals surface area contributed by atoms with E-state index in [4.69, 9.17) is 16.6 Å². The number of aliphatic hydroxyl groups excluding tert-OH is 3. The van der Waals surface area contributed by atoms with Gasteiger partial charge in [-0.1, -0.05) is 333 Å². The van der Waals surface area contributed by atoms with Crippen LogP contribution in [0.2, 0.25) is 0 Å². The summed E-state index contributed by atoms with van der Waals surface area (Å²) in [5, 5.41) is 27.0. The second kappa shape index (κ2) is 60.6. The summed E-state index contributed by atoms with van der Waals surface area (Å²) in [7, 11) is 0. The van der Waals surface area contributed by atoms with Crippen LogP contribution >= 0.6 is 0 Å². The van der Waals surface area contributed by atoms with Crippen LogP contribution in [0.4, 0.5) is 8.78 Å². The third-order valence-corrected chi connectivity index (χ3v) is 24.7. The van der Waals surface area contributed by atoms with E-state index in [1.165, 1.54) is 182 Å². The lowest BCUT2D eigenvalue weighted by molar-refractivity contribution is -0.138. The molecular weight excluding hydrogens is 1680 g/mol. The van der Waals surface area contributed by atoms with Crippen LogP contribution in [-0.2, 0) is 4.79 Å². The largest absolute Gasteiger partial charge is 0.396 e. The van der Waals surface area contributed by atoms with Gasteiger partial charge in [0.2, 0.25) is 0 Å². The molecule has 12 saturated heterocycles. The van der Waals surface area contributed by atoms with Crippen molar-refractivity contribution >= 4 is 5.78 Å². The molecule has 135 heavy (non-hydrogen) atoms. The number of rotatable bonds is 18. The molecule has 0 radical (unpaired) electrons. The highest BCUT2D eigenvalue weighted by atomic mass is 19.3. The summed E-state index contributed by atoms with van der Waals surface area (Å²) in [6, 6.07) is 0.906. The van der Waals surface area contributed by atoms with Crippen molar-refractivity contribution in [3.63, 3.8) is 0 Å². The van der Waals surface area contributed by atoms with E-state index in [2.05, 4.69) is 351 Å². The van der Waals surface area contributed by atoms with Gasteiger partial charge < -0.3 is 59.4 Å².